The molecule has 0 radical (unpaired) electrons. The molecule has 3 aromatic rings. The first kappa shape index (κ1) is 23.4. The molecule has 1 atom stereocenters. The topological polar surface area (TPSA) is 71.7 Å². The van der Waals surface area contributed by atoms with E-state index in [0.717, 1.165) is 42.8 Å². The highest BCUT2D eigenvalue weighted by molar-refractivity contribution is 6.42. The number of rotatable bonds is 7. The number of carbonyl (C=O) groups is 1. The van der Waals surface area contributed by atoms with Crippen LogP contribution in [0.5, 0.6) is 5.75 Å². The number of halogens is 2. The Labute approximate surface area is 203 Å². The second kappa shape index (κ2) is 10.4. The van der Waals surface area contributed by atoms with Crippen LogP contribution in [0.1, 0.15) is 26.2 Å². The lowest BCUT2D eigenvalue weighted by atomic mass is 9.96. The number of hydrogen-bond acceptors (Lipinski definition) is 6. The van der Waals surface area contributed by atoms with E-state index in [2.05, 4.69) is 10.1 Å². The average Bonchev–Trinajstić information content (AvgIpc) is 3.34. The number of benzene rings is 2. The van der Waals surface area contributed by atoms with Gasteiger partial charge in [0.2, 0.25) is 11.7 Å². The van der Waals surface area contributed by atoms with E-state index in [0.29, 0.717) is 35.0 Å². The Balaban J connectivity index is 1.49. The molecule has 0 saturated carbocycles. The molecule has 1 aliphatic heterocycles. The molecule has 4 rings (SSSR count). The van der Waals surface area contributed by atoms with Gasteiger partial charge in [0.1, 0.15) is 5.75 Å². The summed E-state index contributed by atoms with van der Waals surface area (Å²) in [5.41, 5.74) is 1.59. The number of methoxy groups -OCH3 is 1. The SMILES string of the molecule is CCCN(C(=O)[C@H]1CCCN(c2nc(-c3ccc(OC)cc3)no2)C1)c1ccc(Cl)c(Cl)c1. The normalized spacial score (nSPS) is 16.0. The lowest BCUT2D eigenvalue weighted by molar-refractivity contribution is -0.122. The fraction of sp³-hybridized carbons (Fsp3) is 0.375. The Bertz CT molecular complexity index is 1100. The summed E-state index contributed by atoms with van der Waals surface area (Å²) in [7, 11) is 1.62. The monoisotopic (exact) mass is 488 g/mol. The van der Waals surface area contributed by atoms with Gasteiger partial charge in [-0.1, -0.05) is 35.3 Å². The third kappa shape index (κ3) is 5.25. The zero-order chi connectivity index (χ0) is 23.4. The van der Waals surface area contributed by atoms with Crippen LogP contribution in [0.15, 0.2) is 47.0 Å². The van der Waals surface area contributed by atoms with Gasteiger partial charge in [0.05, 0.1) is 23.1 Å². The number of carbonyl (C=O) groups excluding carboxylic acids is 1. The van der Waals surface area contributed by atoms with Crippen molar-refractivity contribution in [2.24, 2.45) is 5.92 Å². The third-order valence-electron chi connectivity index (χ3n) is 5.73. The molecule has 2 aromatic carbocycles. The summed E-state index contributed by atoms with van der Waals surface area (Å²) in [4.78, 5) is 21.8. The number of piperidine rings is 1. The molecule has 1 amide bonds. The van der Waals surface area contributed by atoms with Crippen molar-refractivity contribution in [3.63, 3.8) is 0 Å². The van der Waals surface area contributed by atoms with Gasteiger partial charge in [-0.15, -0.1) is 0 Å². The molecule has 1 saturated heterocycles. The van der Waals surface area contributed by atoms with Crippen molar-refractivity contribution in [2.45, 2.75) is 26.2 Å². The van der Waals surface area contributed by atoms with Crippen molar-refractivity contribution in [3.05, 3.63) is 52.5 Å². The highest BCUT2D eigenvalue weighted by Crippen LogP contribution is 2.31. The number of nitrogens with zero attached hydrogens (tertiary/aromatic N) is 4. The first-order chi connectivity index (χ1) is 16.0. The lowest BCUT2D eigenvalue weighted by Gasteiger charge is -2.34. The van der Waals surface area contributed by atoms with Gasteiger partial charge in [-0.2, -0.15) is 4.98 Å². The van der Waals surface area contributed by atoms with Crippen LogP contribution in [-0.4, -0.2) is 42.8 Å². The minimum Gasteiger partial charge on any atom is -0.497 e. The molecule has 0 unspecified atom stereocenters. The molecule has 1 fully saturated rings. The highest BCUT2D eigenvalue weighted by atomic mass is 35.5. The smallest absolute Gasteiger partial charge is 0.324 e. The Kier molecular flexibility index (Phi) is 7.40. The maximum atomic E-state index is 13.5. The van der Waals surface area contributed by atoms with Gasteiger partial charge in [-0.25, -0.2) is 0 Å². The van der Waals surface area contributed by atoms with E-state index >= 15 is 0 Å². The number of hydrogen-bond donors (Lipinski definition) is 0. The van der Waals surface area contributed by atoms with Crippen molar-refractivity contribution < 1.29 is 14.1 Å². The Hall–Kier alpha value is -2.77. The van der Waals surface area contributed by atoms with Crippen LogP contribution in [0.25, 0.3) is 11.4 Å². The first-order valence-electron chi connectivity index (χ1n) is 11.0. The van der Waals surface area contributed by atoms with Gasteiger partial charge in [0.25, 0.3) is 0 Å². The summed E-state index contributed by atoms with van der Waals surface area (Å²) in [6, 6.07) is 13.2. The van der Waals surface area contributed by atoms with E-state index in [1.54, 1.807) is 24.1 Å². The average molecular weight is 489 g/mol. The van der Waals surface area contributed by atoms with E-state index in [-0.39, 0.29) is 11.8 Å². The molecule has 0 aliphatic carbocycles. The molecule has 174 valence electrons. The molecular weight excluding hydrogens is 463 g/mol. The summed E-state index contributed by atoms with van der Waals surface area (Å²) in [5, 5.41) is 5.03. The van der Waals surface area contributed by atoms with E-state index in [1.807, 2.05) is 42.2 Å². The maximum Gasteiger partial charge on any atom is 0.324 e. The quantitative estimate of drug-likeness (QED) is 0.423. The van der Waals surface area contributed by atoms with Crippen molar-refractivity contribution in [1.82, 2.24) is 10.1 Å². The predicted molar refractivity (Wildman–Crippen MR) is 130 cm³/mol. The highest BCUT2D eigenvalue weighted by Gasteiger charge is 2.32. The molecule has 0 N–H and O–H groups in total. The van der Waals surface area contributed by atoms with Gasteiger partial charge in [-0.3, -0.25) is 4.79 Å². The number of ether oxygens (including phenoxy) is 1. The van der Waals surface area contributed by atoms with Crippen LogP contribution < -0.4 is 14.5 Å². The zero-order valence-electron chi connectivity index (χ0n) is 18.6. The van der Waals surface area contributed by atoms with Crippen molar-refractivity contribution in [1.29, 1.82) is 0 Å². The van der Waals surface area contributed by atoms with Crippen molar-refractivity contribution >= 4 is 40.8 Å². The molecular formula is C24H26Cl2N4O3. The standard InChI is InChI=1S/C24H26Cl2N4O3/c1-3-12-30(18-8-11-20(25)21(26)14-18)23(31)17-5-4-13-29(15-17)24-27-22(28-33-24)16-6-9-19(32-2)10-7-16/h6-11,14,17H,3-5,12-13,15H2,1-2H3/t17-/m0/s1. The molecule has 0 bridgehead atoms. The number of anilines is 2. The summed E-state index contributed by atoms with van der Waals surface area (Å²) >= 11 is 12.3. The van der Waals surface area contributed by atoms with Crippen LogP contribution in [0.3, 0.4) is 0 Å². The minimum absolute atomic E-state index is 0.0647. The Morgan fingerprint density at radius 3 is 2.70 bits per heavy atom. The summed E-state index contributed by atoms with van der Waals surface area (Å²) in [6.07, 6.45) is 2.49. The molecule has 1 aliphatic rings. The van der Waals surface area contributed by atoms with Crippen LogP contribution in [-0.2, 0) is 4.79 Å². The number of aromatic nitrogens is 2. The summed E-state index contributed by atoms with van der Waals surface area (Å²) in [5.74, 6) is 1.15. The van der Waals surface area contributed by atoms with E-state index in [4.69, 9.17) is 32.5 Å². The van der Waals surface area contributed by atoms with Crippen LogP contribution in [0.2, 0.25) is 10.0 Å². The fourth-order valence-electron chi connectivity index (χ4n) is 4.02. The van der Waals surface area contributed by atoms with E-state index in [1.165, 1.54) is 0 Å². The van der Waals surface area contributed by atoms with Crippen molar-refractivity contribution in [3.8, 4) is 17.1 Å². The second-order valence-corrected chi connectivity index (χ2v) is 8.82. The van der Waals surface area contributed by atoms with Gasteiger partial charge < -0.3 is 19.1 Å². The van der Waals surface area contributed by atoms with Gasteiger partial charge >= 0.3 is 6.01 Å². The lowest BCUT2D eigenvalue weighted by Crippen LogP contribution is -2.45. The molecule has 7 nitrogen and oxygen atoms in total. The second-order valence-electron chi connectivity index (χ2n) is 8.00. The zero-order valence-corrected chi connectivity index (χ0v) is 20.1. The van der Waals surface area contributed by atoms with Crippen LogP contribution in [0, 0.1) is 5.92 Å². The third-order valence-corrected chi connectivity index (χ3v) is 6.47. The fourth-order valence-corrected chi connectivity index (χ4v) is 4.31. The Morgan fingerprint density at radius 2 is 2.00 bits per heavy atom. The van der Waals surface area contributed by atoms with Gasteiger partial charge in [0, 0.05) is 30.9 Å². The Morgan fingerprint density at radius 1 is 1.21 bits per heavy atom. The van der Waals surface area contributed by atoms with Crippen LogP contribution >= 0.6 is 23.2 Å². The summed E-state index contributed by atoms with van der Waals surface area (Å²) < 4.78 is 10.7. The molecule has 1 aromatic heterocycles. The molecule has 33 heavy (non-hydrogen) atoms. The summed E-state index contributed by atoms with van der Waals surface area (Å²) in [6.45, 7) is 3.93. The first-order valence-corrected chi connectivity index (χ1v) is 11.7. The maximum absolute atomic E-state index is 13.5. The van der Waals surface area contributed by atoms with Gasteiger partial charge in [-0.05, 0) is 61.7 Å². The van der Waals surface area contributed by atoms with E-state index in [9.17, 15) is 4.79 Å². The molecule has 0 spiro atoms. The largest absolute Gasteiger partial charge is 0.497 e. The van der Waals surface area contributed by atoms with Crippen LogP contribution in [0.4, 0.5) is 11.7 Å². The molecule has 2 heterocycles. The molecule has 9 heteroatoms. The van der Waals surface area contributed by atoms with Crippen molar-refractivity contribution in [2.75, 3.05) is 36.5 Å². The minimum atomic E-state index is -0.184. The number of amides is 1. The van der Waals surface area contributed by atoms with Gasteiger partial charge in [0.15, 0.2) is 0 Å². The van der Waals surface area contributed by atoms with E-state index < -0.39 is 0 Å². The predicted octanol–water partition coefficient (Wildman–Crippen LogP) is 5.71.